The maximum Gasteiger partial charge on any atom is 0.241 e. The minimum Gasteiger partial charge on any atom is -0.383 e. The maximum absolute atomic E-state index is 13.8. The number of ether oxygens (including phenoxy) is 1. The third-order valence-corrected chi connectivity index (χ3v) is 7.90. The third kappa shape index (κ3) is 4.88. The Morgan fingerprint density at radius 3 is 2.66 bits per heavy atom. The average Bonchev–Trinajstić information content (AvgIpc) is 3.16. The molecule has 1 spiro atoms. The van der Waals surface area contributed by atoms with Crippen molar-refractivity contribution in [3.63, 3.8) is 0 Å². The second-order valence-corrected chi connectivity index (χ2v) is 10.7. The lowest BCUT2D eigenvalue weighted by Crippen LogP contribution is -2.64. The van der Waals surface area contributed by atoms with Gasteiger partial charge in [-0.25, -0.2) is 0 Å². The van der Waals surface area contributed by atoms with Crippen LogP contribution in [0.5, 0.6) is 0 Å². The van der Waals surface area contributed by atoms with Gasteiger partial charge >= 0.3 is 0 Å². The molecule has 3 aliphatic rings. The Bertz CT molecular complexity index is 1040. The molecule has 3 atom stereocenters. The molecule has 2 fully saturated rings. The van der Waals surface area contributed by atoms with Crippen LogP contribution in [-0.4, -0.2) is 92.1 Å². The molecule has 0 bridgehead atoms. The molecule has 3 heterocycles. The summed E-state index contributed by atoms with van der Waals surface area (Å²) in [5.74, 6) is 0.144. The standard InChI is InChI=1S/C28H38N4O3/c1-20-14-30(24(13-29-20)16-35-3)15-27(34)32-19-28(17-31(18-28)21(2)33)25-10-9-23(12-26(25)32)11-22-7-5-4-6-8-22/h4-10,12,20-21,24,29,33H,11,13-19H2,1-3H3/t20-,21?,24-/m1/s1. The Hall–Kier alpha value is -2.29. The van der Waals surface area contributed by atoms with Crippen LogP contribution in [0.25, 0.3) is 0 Å². The zero-order valence-corrected chi connectivity index (χ0v) is 21.1. The Balaban J connectivity index is 1.40. The van der Waals surface area contributed by atoms with Gasteiger partial charge in [0, 0.05) is 63.0 Å². The normalized spacial score (nSPS) is 24.9. The summed E-state index contributed by atoms with van der Waals surface area (Å²) in [5.41, 5.74) is 4.65. The lowest BCUT2D eigenvalue weighted by atomic mass is 9.75. The topological polar surface area (TPSA) is 68.3 Å². The number of fused-ring (bicyclic) bond motifs is 2. The number of amides is 1. The summed E-state index contributed by atoms with van der Waals surface area (Å²) in [6.07, 6.45) is 0.372. The summed E-state index contributed by atoms with van der Waals surface area (Å²) in [6.45, 7) is 8.85. The van der Waals surface area contributed by atoms with Crippen LogP contribution >= 0.6 is 0 Å². The van der Waals surface area contributed by atoms with Gasteiger partial charge in [-0.15, -0.1) is 0 Å². The van der Waals surface area contributed by atoms with Crippen LogP contribution < -0.4 is 10.2 Å². The summed E-state index contributed by atoms with van der Waals surface area (Å²) in [6, 6.07) is 17.6. The van der Waals surface area contributed by atoms with Crippen LogP contribution in [0.15, 0.2) is 48.5 Å². The fraction of sp³-hybridized carbons (Fsp3) is 0.536. The number of piperazine rings is 1. The van der Waals surface area contributed by atoms with E-state index in [0.717, 1.165) is 38.3 Å². The van der Waals surface area contributed by atoms with Crippen molar-refractivity contribution in [2.24, 2.45) is 0 Å². The Morgan fingerprint density at radius 1 is 1.17 bits per heavy atom. The highest BCUT2D eigenvalue weighted by Crippen LogP contribution is 2.47. The zero-order valence-electron chi connectivity index (χ0n) is 21.1. The number of anilines is 1. The molecule has 3 aliphatic heterocycles. The molecule has 2 aromatic rings. The maximum atomic E-state index is 13.8. The quantitative estimate of drug-likeness (QED) is 0.633. The zero-order chi connectivity index (χ0) is 24.6. The van der Waals surface area contributed by atoms with Gasteiger partial charge in [-0.05, 0) is 43.0 Å². The lowest BCUT2D eigenvalue weighted by Gasteiger charge is -2.49. The number of aliphatic hydroxyl groups is 1. The van der Waals surface area contributed by atoms with Crippen molar-refractivity contribution in [3.05, 3.63) is 65.2 Å². The Labute approximate surface area is 208 Å². The number of hydrogen-bond donors (Lipinski definition) is 2. The van der Waals surface area contributed by atoms with Gasteiger partial charge in [0.1, 0.15) is 6.23 Å². The number of nitrogens with one attached hydrogen (secondary N) is 1. The molecule has 2 N–H and O–H groups in total. The van der Waals surface area contributed by atoms with Crippen molar-refractivity contribution in [2.75, 3.05) is 57.9 Å². The molecule has 0 saturated carbocycles. The molecule has 1 unspecified atom stereocenters. The number of hydrogen-bond acceptors (Lipinski definition) is 6. The smallest absolute Gasteiger partial charge is 0.241 e. The van der Waals surface area contributed by atoms with Crippen LogP contribution in [0.3, 0.4) is 0 Å². The predicted molar refractivity (Wildman–Crippen MR) is 138 cm³/mol. The fourth-order valence-corrected chi connectivity index (χ4v) is 5.99. The molecule has 0 radical (unpaired) electrons. The van der Waals surface area contributed by atoms with E-state index in [-0.39, 0.29) is 17.4 Å². The predicted octanol–water partition coefficient (Wildman–Crippen LogP) is 1.82. The monoisotopic (exact) mass is 478 g/mol. The van der Waals surface area contributed by atoms with E-state index >= 15 is 0 Å². The molecular weight excluding hydrogens is 440 g/mol. The number of benzene rings is 2. The highest BCUT2D eigenvalue weighted by molar-refractivity contribution is 5.98. The van der Waals surface area contributed by atoms with Gasteiger partial charge in [0.15, 0.2) is 0 Å². The van der Waals surface area contributed by atoms with Crippen molar-refractivity contribution in [1.29, 1.82) is 0 Å². The molecule has 1 amide bonds. The number of carbonyl (C=O) groups excluding carboxylic acids is 1. The minimum atomic E-state index is -0.469. The first-order valence-corrected chi connectivity index (χ1v) is 12.7. The van der Waals surface area contributed by atoms with E-state index in [0.29, 0.717) is 25.7 Å². The highest BCUT2D eigenvalue weighted by atomic mass is 16.5. The molecule has 188 valence electrons. The summed E-state index contributed by atoms with van der Waals surface area (Å²) >= 11 is 0. The number of nitrogens with zero attached hydrogens (tertiary/aromatic N) is 3. The highest BCUT2D eigenvalue weighted by Gasteiger charge is 2.53. The van der Waals surface area contributed by atoms with E-state index < -0.39 is 6.23 Å². The second kappa shape index (κ2) is 9.99. The van der Waals surface area contributed by atoms with E-state index in [1.165, 1.54) is 16.7 Å². The average molecular weight is 479 g/mol. The second-order valence-electron chi connectivity index (χ2n) is 10.7. The number of methoxy groups -OCH3 is 1. The van der Waals surface area contributed by atoms with Gasteiger partial charge in [0.05, 0.1) is 13.2 Å². The SMILES string of the molecule is COC[C@H]1CN[C@H](C)CN1CC(=O)N1CC2(CN(C(C)O)C2)c2ccc(Cc3ccccc3)cc21. The van der Waals surface area contributed by atoms with Crippen LogP contribution in [0, 0.1) is 0 Å². The summed E-state index contributed by atoms with van der Waals surface area (Å²) in [5, 5.41) is 13.6. The van der Waals surface area contributed by atoms with E-state index in [2.05, 4.69) is 64.5 Å². The number of aliphatic hydroxyl groups excluding tert-OH is 1. The third-order valence-electron chi connectivity index (χ3n) is 7.90. The van der Waals surface area contributed by atoms with Gasteiger partial charge < -0.3 is 20.1 Å². The van der Waals surface area contributed by atoms with Gasteiger partial charge in [-0.3, -0.25) is 14.6 Å². The molecule has 35 heavy (non-hydrogen) atoms. The number of likely N-dealkylation sites (tertiary alicyclic amines) is 1. The lowest BCUT2D eigenvalue weighted by molar-refractivity contribution is -0.121. The first kappa shape index (κ1) is 24.4. The minimum absolute atomic E-state index is 0.101. The van der Waals surface area contributed by atoms with Crippen LogP contribution in [0.1, 0.15) is 30.5 Å². The van der Waals surface area contributed by atoms with Crippen molar-refractivity contribution in [3.8, 4) is 0 Å². The van der Waals surface area contributed by atoms with Crippen LogP contribution in [0.4, 0.5) is 5.69 Å². The van der Waals surface area contributed by atoms with Crippen molar-refractivity contribution >= 4 is 11.6 Å². The van der Waals surface area contributed by atoms with Gasteiger partial charge in [0.25, 0.3) is 0 Å². The Kier molecular flexibility index (Phi) is 6.97. The van der Waals surface area contributed by atoms with Crippen molar-refractivity contribution < 1.29 is 14.6 Å². The Morgan fingerprint density at radius 2 is 1.94 bits per heavy atom. The first-order chi connectivity index (χ1) is 16.9. The van der Waals surface area contributed by atoms with E-state index in [4.69, 9.17) is 4.74 Å². The van der Waals surface area contributed by atoms with Gasteiger partial charge in [-0.1, -0.05) is 42.5 Å². The van der Waals surface area contributed by atoms with Crippen LogP contribution in [0.2, 0.25) is 0 Å². The molecule has 5 rings (SSSR count). The fourth-order valence-electron chi connectivity index (χ4n) is 5.99. The number of rotatable bonds is 7. The van der Waals surface area contributed by atoms with Gasteiger partial charge in [0.2, 0.25) is 5.91 Å². The molecule has 0 aliphatic carbocycles. The molecule has 2 aromatic carbocycles. The van der Waals surface area contributed by atoms with Crippen molar-refractivity contribution in [2.45, 2.75) is 44.0 Å². The van der Waals surface area contributed by atoms with E-state index in [1.807, 2.05) is 17.9 Å². The largest absolute Gasteiger partial charge is 0.383 e. The summed E-state index contributed by atoms with van der Waals surface area (Å²) < 4.78 is 5.44. The van der Waals surface area contributed by atoms with E-state index in [9.17, 15) is 9.90 Å². The molecular formula is C28H38N4O3. The number of carbonyl (C=O) groups is 1. The molecule has 7 heteroatoms. The summed E-state index contributed by atoms with van der Waals surface area (Å²) in [7, 11) is 1.72. The van der Waals surface area contributed by atoms with Crippen molar-refractivity contribution in [1.82, 2.24) is 15.1 Å². The molecule has 7 nitrogen and oxygen atoms in total. The summed E-state index contributed by atoms with van der Waals surface area (Å²) in [4.78, 5) is 20.2. The van der Waals surface area contributed by atoms with E-state index in [1.54, 1.807) is 7.11 Å². The first-order valence-electron chi connectivity index (χ1n) is 12.7. The van der Waals surface area contributed by atoms with Gasteiger partial charge in [-0.2, -0.15) is 0 Å². The molecule has 0 aromatic heterocycles. The molecule has 2 saturated heterocycles. The van der Waals surface area contributed by atoms with Crippen LogP contribution in [-0.2, 0) is 21.4 Å².